The van der Waals surface area contributed by atoms with Gasteiger partial charge in [-0.15, -0.1) is 0 Å². The Morgan fingerprint density at radius 1 is 1.47 bits per heavy atom. The number of carbonyl (C=O) groups excluding carboxylic acids is 1. The maximum absolute atomic E-state index is 12.1. The van der Waals surface area contributed by atoms with Gasteiger partial charge in [-0.2, -0.15) is 0 Å². The fourth-order valence-corrected chi connectivity index (χ4v) is 2.07. The number of amides is 1. The Morgan fingerprint density at radius 3 is 2.76 bits per heavy atom. The zero-order valence-corrected chi connectivity index (χ0v) is 9.56. The van der Waals surface area contributed by atoms with E-state index in [2.05, 4.69) is 4.98 Å². The second-order valence-electron chi connectivity index (χ2n) is 4.34. The predicted octanol–water partition coefficient (Wildman–Crippen LogP) is 0.219. The molecule has 0 spiro atoms. The molecule has 1 aliphatic heterocycles. The molecule has 1 aliphatic rings. The Balaban J connectivity index is 2.07. The monoisotopic (exact) mass is 236 g/mol. The zero-order valence-electron chi connectivity index (χ0n) is 9.56. The molecule has 2 rings (SSSR count). The highest BCUT2D eigenvalue weighted by Crippen LogP contribution is 2.17. The van der Waals surface area contributed by atoms with Crippen molar-refractivity contribution in [3.8, 4) is 0 Å². The molecule has 0 saturated carbocycles. The summed E-state index contributed by atoms with van der Waals surface area (Å²) in [7, 11) is 0. The molecule has 0 aliphatic carbocycles. The molecule has 1 saturated heterocycles. The van der Waals surface area contributed by atoms with Crippen LogP contribution in [0.3, 0.4) is 0 Å². The summed E-state index contributed by atoms with van der Waals surface area (Å²) in [5.41, 5.74) is -0.0621. The van der Waals surface area contributed by atoms with Gasteiger partial charge >= 0.3 is 0 Å². The molecule has 0 bridgehead atoms. The van der Waals surface area contributed by atoms with Gasteiger partial charge in [-0.3, -0.25) is 9.59 Å². The van der Waals surface area contributed by atoms with Gasteiger partial charge in [0.05, 0.1) is 0 Å². The first kappa shape index (κ1) is 11.9. The first-order valence-electron chi connectivity index (χ1n) is 5.79. The van der Waals surface area contributed by atoms with E-state index >= 15 is 0 Å². The van der Waals surface area contributed by atoms with Gasteiger partial charge in [0.2, 0.25) is 0 Å². The second kappa shape index (κ2) is 5.14. The number of aliphatic hydroxyl groups is 1. The Labute approximate surface area is 99.1 Å². The lowest BCUT2D eigenvalue weighted by atomic mass is 9.97. The Hall–Kier alpha value is -1.62. The van der Waals surface area contributed by atoms with Gasteiger partial charge in [0, 0.05) is 38.2 Å². The molecule has 0 aromatic carbocycles. The average Bonchev–Trinajstić information content (AvgIpc) is 2.39. The highest BCUT2D eigenvalue weighted by Gasteiger charge is 2.24. The lowest BCUT2D eigenvalue weighted by molar-refractivity contribution is 0.0649. The van der Waals surface area contributed by atoms with Crippen LogP contribution in [-0.2, 0) is 0 Å². The number of H-pyrrole nitrogens is 1. The molecule has 1 amide bonds. The van der Waals surface area contributed by atoms with Gasteiger partial charge < -0.3 is 15.0 Å². The molecule has 92 valence electrons. The largest absolute Gasteiger partial charge is 0.396 e. The number of aliphatic hydroxyl groups excluding tert-OH is 1. The zero-order chi connectivity index (χ0) is 12.3. The van der Waals surface area contributed by atoms with Crippen LogP contribution in [-0.4, -0.2) is 40.6 Å². The minimum atomic E-state index is -0.252. The molecule has 5 heteroatoms. The highest BCUT2D eigenvalue weighted by molar-refractivity contribution is 5.93. The number of hydrogen-bond donors (Lipinski definition) is 2. The fraction of sp³-hybridized carbons (Fsp3) is 0.500. The Morgan fingerprint density at radius 2 is 2.18 bits per heavy atom. The van der Waals surface area contributed by atoms with Crippen molar-refractivity contribution in [3.05, 3.63) is 34.2 Å². The number of likely N-dealkylation sites (tertiary alicyclic amines) is 1. The Bertz CT molecular complexity index is 447. The number of piperidine rings is 1. The minimum Gasteiger partial charge on any atom is -0.396 e. The number of rotatable bonds is 2. The van der Waals surface area contributed by atoms with Crippen molar-refractivity contribution in [1.82, 2.24) is 9.88 Å². The quantitative estimate of drug-likeness (QED) is 0.771. The molecule has 1 aromatic rings. The molecule has 0 atom stereocenters. The van der Waals surface area contributed by atoms with Crippen LogP contribution in [0.1, 0.15) is 23.2 Å². The molecule has 1 fully saturated rings. The van der Waals surface area contributed by atoms with E-state index in [0.717, 1.165) is 12.8 Å². The smallest absolute Gasteiger partial charge is 0.259 e. The van der Waals surface area contributed by atoms with Crippen LogP contribution in [0.4, 0.5) is 0 Å². The molecular weight excluding hydrogens is 220 g/mol. The van der Waals surface area contributed by atoms with E-state index in [1.807, 2.05) is 0 Å². The number of pyridine rings is 1. The first-order chi connectivity index (χ1) is 8.22. The SMILES string of the molecule is O=C(c1c[nH]ccc1=O)N1CCC(CO)CC1. The molecule has 2 heterocycles. The second-order valence-corrected chi connectivity index (χ2v) is 4.34. The molecule has 5 nitrogen and oxygen atoms in total. The highest BCUT2D eigenvalue weighted by atomic mass is 16.3. The van der Waals surface area contributed by atoms with Crippen LogP contribution in [0.5, 0.6) is 0 Å². The van der Waals surface area contributed by atoms with Crippen molar-refractivity contribution < 1.29 is 9.90 Å². The van der Waals surface area contributed by atoms with Crippen LogP contribution in [0.25, 0.3) is 0 Å². The van der Waals surface area contributed by atoms with E-state index in [1.54, 1.807) is 4.90 Å². The van der Waals surface area contributed by atoms with E-state index in [-0.39, 0.29) is 29.4 Å². The molecule has 0 radical (unpaired) electrons. The van der Waals surface area contributed by atoms with E-state index < -0.39 is 0 Å². The van der Waals surface area contributed by atoms with Crippen molar-refractivity contribution in [2.45, 2.75) is 12.8 Å². The molecular formula is C12H16N2O3. The standard InChI is InChI=1S/C12H16N2O3/c15-8-9-2-5-14(6-3-9)12(17)10-7-13-4-1-11(10)16/h1,4,7,9,15H,2-3,5-6,8H2,(H,13,16). The van der Waals surface area contributed by atoms with Crippen LogP contribution in [0, 0.1) is 5.92 Å². The minimum absolute atomic E-state index is 0.175. The van der Waals surface area contributed by atoms with Crippen molar-refractivity contribution in [3.63, 3.8) is 0 Å². The van der Waals surface area contributed by atoms with Gasteiger partial charge in [-0.25, -0.2) is 0 Å². The third-order valence-electron chi connectivity index (χ3n) is 3.21. The topological polar surface area (TPSA) is 73.4 Å². The van der Waals surface area contributed by atoms with Crippen molar-refractivity contribution in [2.24, 2.45) is 5.92 Å². The van der Waals surface area contributed by atoms with E-state index in [4.69, 9.17) is 5.11 Å². The third kappa shape index (κ3) is 2.55. The summed E-state index contributed by atoms with van der Waals surface area (Å²) < 4.78 is 0. The van der Waals surface area contributed by atoms with E-state index in [1.165, 1.54) is 18.5 Å². The maximum atomic E-state index is 12.1. The average molecular weight is 236 g/mol. The lowest BCUT2D eigenvalue weighted by Crippen LogP contribution is -2.40. The van der Waals surface area contributed by atoms with Gasteiger partial charge in [-0.05, 0) is 18.8 Å². The van der Waals surface area contributed by atoms with Crippen LogP contribution in [0.15, 0.2) is 23.3 Å². The van der Waals surface area contributed by atoms with Gasteiger partial charge in [-0.1, -0.05) is 0 Å². The summed E-state index contributed by atoms with van der Waals surface area (Å²) >= 11 is 0. The predicted molar refractivity (Wildman–Crippen MR) is 62.8 cm³/mol. The number of aromatic nitrogens is 1. The Kier molecular flexibility index (Phi) is 3.58. The van der Waals surface area contributed by atoms with Gasteiger partial charge in [0.25, 0.3) is 5.91 Å². The normalized spacial score (nSPS) is 17.1. The number of hydrogen-bond acceptors (Lipinski definition) is 3. The summed E-state index contributed by atoms with van der Waals surface area (Å²) in [6, 6.07) is 1.35. The first-order valence-corrected chi connectivity index (χ1v) is 5.79. The molecule has 1 aromatic heterocycles. The van der Waals surface area contributed by atoms with Crippen molar-refractivity contribution in [1.29, 1.82) is 0 Å². The summed E-state index contributed by atoms with van der Waals surface area (Å²) in [5, 5.41) is 9.02. The lowest BCUT2D eigenvalue weighted by Gasteiger charge is -2.30. The number of aromatic amines is 1. The van der Waals surface area contributed by atoms with E-state index in [9.17, 15) is 9.59 Å². The van der Waals surface area contributed by atoms with Gasteiger partial charge in [0.1, 0.15) is 5.56 Å². The maximum Gasteiger partial charge on any atom is 0.259 e. The number of nitrogens with one attached hydrogen (secondary N) is 1. The van der Waals surface area contributed by atoms with Crippen LogP contribution < -0.4 is 5.43 Å². The van der Waals surface area contributed by atoms with Gasteiger partial charge in [0.15, 0.2) is 5.43 Å². The molecule has 2 N–H and O–H groups in total. The third-order valence-corrected chi connectivity index (χ3v) is 3.21. The molecule has 0 unspecified atom stereocenters. The summed E-state index contributed by atoms with van der Waals surface area (Å²) in [5.74, 6) is 0.0661. The summed E-state index contributed by atoms with van der Waals surface area (Å²) in [6.45, 7) is 1.39. The molecule has 17 heavy (non-hydrogen) atoms. The number of nitrogens with zero attached hydrogens (tertiary/aromatic N) is 1. The van der Waals surface area contributed by atoms with Crippen LogP contribution in [0.2, 0.25) is 0 Å². The van der Waals surface area contributed by atoms with Crippen molar-refractivity contribution >= 4 is 5.91 Å². The summed E-state index contributed by atoms with van der Waals surface area (Å²) in [6.07, 6.45) is 4.56. The van der Waals surface area contributed by atoms with Crippen LogP contribution >= 0.6 is 0 Å². The van der Waals surface area contributed by atoms with E-state index in [0.29, 0.717) is 13.1 Å². The fourth-order valence-electron chi connectivity index (χ4n) is 2.07. The van der Waals surface area contributed by atoms with Crippen molar-refractivity contribution in [2.75, 3.05) is 19.7 Å². The number of carbonyl (C=O) groups is 1. The summed E-state index contributed by atoms with van der Waals surface area (Å²) in [4.78, 5) is 28.0.